The van der Waals surface area contributed by atoms with Crippen molar-refractivity contribution in [3.05, 3.63) is 35.4 Å². The van der Waals surface area contributed by atoms with Crippen LogP contribution in [0.25, 0.3) is 0 Å². The molecule has 1 rings (SSSR count). The Labute approximate surface area is 170 Å². The molecule has 0 aliphatic carbocycles. The van der Waals surface area contributed by atoms with Gasteiger partial charge >= 0.3 is 0 Å². The standard InChI is InChI=1S/C18H29N5O5S/c1-3-4-9-29(27,28)23-15(11-24)18(26)22-12(2)17(25)21-10-13-5-7-14(8-6-13)16(19)20/h5-8,12,15,23-24H,3-4,9-11H2,1-2H3,(H3,19,20)(H,21,25)(H,22,26)/t12?,15-/m1/s1. The molecule has 0 aliphatic rings. The molecule has 0 aromatic heterocycles. The van der Waals surface area contributed by atoms with Crippen LogP contribution >= 0.6 is 0 Å². The Balaban J connectivity index is 2.57. The molecule has 0 heterocycles. The Kier molecular flexibility index (Phi) is 9.72. The predicted molar refractivity (Wildman–Crippen MR) is 110 cm³/mol. The van der Waals surface area contributed by atoms with Gasteiger partial charge < -0.3 is 21.5 Å². The molecule has 1 aromatic rings. The van der Waals surface area contributed by atoms with Crippen molar-refractivity contribution < 1.29 is 23.1 Å². The van der Waals surface area contributed by atoms with Gasteiger partial charge in [0.1, 0.15) is 17.9 Å². The van der Waals surface area contributed by atoms with Crippen LogP contribution in [0.4, 0.5) is 0 Å². The van der Waals surface area contributed by atoms with E-state index in [2.05, 4.69) is 15.4 Å². The summed E-state index contributed by atoms with van der Waals surface area (Å²) in [6.45, 7) is 2.76. The zero-order chi connectivity index (χ0) is 22.0. The number of nitrogens with one attached hydrogen (secondary N) is 4. The number of aliphatic hydroxyl groups excluding tert-OH is 1. The minimum absolute atomic E-state index is 0.0549. The van der Waals surface area contributed by atoms with E-state index in [9.17, 15) is 23.1 Å². The molecule has 2 atom stereocenters. The number of carbonyl (C=O) groups is 2. The van der Waals surface area contributed by atoms with Crippen molar-refractivity contribution >= 4 is 27.7 Å². The molecule has 2 amide bonds. The first kappa shape index (κ1) is 24.5. The lowest BCUT2D eigenvalue weighted by Gasteiger charge is -2.19. The molecule has 10 nitrogen and oxygen atoms in total. The van der Waals surface area contributed by atoms with Crippen molar-refractivity contribution in [2.24, 2.45) is 5.73 Å². The number of hydrogen-bond acceptors (Lipinski definition) is 6. The number of aliphatic hydroxyl groups is 1. The highest BCUT2D eigenvalue weighted by Crippen LogP contribution is 2.04. The highest BCUT2D eigenvalue weighted by Gasteiger charge is 2.26. The molecule has 1 aromatic carbocycles. The van der Waals surface area contributed by atoms with Crippen LogP contribution in [-0.2, 0) is 26.2 Å². The van der Waals surface area contributed by atoms with E-state index in [0.717, 1.165) is 5.56 Å². The second-order valence-corrected chi connectivity index (χ2v) is 8.46. The fraction of sp³-hybridized carbons (Fsp3) is 0.500. The fourth-order valence-electron chi connectivity index (χ4n) is 2.31. The zero-order valence-corrected chi connectivity index (χ0v) is 17.4. The van der Waals surface area contributed by atoms with E-state index >= 15 is 0 Å². The minimum atomic E-state index is -3.71. The van der Waals surface area contributed by atoms with Gasteiger partial charge in [0.05, 0.1) is 12.4 Å². The number of amides is 2. The molecule has 0 fully saturated rings. The Morgan fingerprint density at radius 3 is 2.34 bits per heavy atom. The van der Waals surface area contributed by atoms with Gasteiger partial charge in [-0.15, -0.1) is 0 Å². The Hall–Kier alpha value is -2.50. The van der Waals surface area contributed by atoms with E-state index in [4.69, 9.17) is 11.1 Å². The van der Waals surface area contributed by atoms with E-state index in [-0.39, 0.29) is 18.1 Å². The van der Waals surface area contributed by atoms with Crippen LogP contribution < -0.4 is 21.1 Å². The minimum Gasteiger partial charge on any atom is -0.394 e. The summed E-state index contributed by atoms with van der Waals surface area (Å²) in [5.74, 6) is -1.47. The lowest BCUT2D eigenvalue weighted by molar-refractivity contribution is -0.130. The average molecular weight is 428 g/mol. The molecule has 0 spiro atoms. The van der Waals surface area contributed by atoms with Crippen LogP contribution in [0, 0.1) is 5.41 Å². The maximum Gasteiger partial charge on any atom is 0.242 e. The number of rotatable bonds is 12. The van der Waals surface area contributed by atoms with Crippen LogP contribution in [0.3, 0.4) is 0 Å². The highest BCUT2D eigenvalue weighted by molar-refractivity contribution is 7.89. The zero-order valence-electron chi connectivity index (χ0n) is 16.6. The van der Waals surface area contributed by atoms with Crippen molar-refractivity contribution in [2.45, 2.75) is 45.3 Å². The summed E-state index contributed by atoms with van der Waals surface area (Å²) in [4.78, 5) is 24.4. The summed E-state index contributed by atoms with van der Waals surface area (Å²) in [5.41, 5.74) is 6.73. The van der Waals surface area contributed by atoms with Crippen LogP contribution in [0.15, 0.2) is 24.3 Å². The lowest BCUT2D eigenvalue weighted by Crippen LogP contribution is -2.54. The van der Waals surface area contributed by atoms with Gasteiger partial charge in [-0.25, -0.2) is 13.1 Å². The maximum atomic E-state index is 12.2. The van der Waals surface area contributed by atoms with Crippen molar-refractivity contribution in [2.75, 3.05) is 12.4 Å². The van der Waals surface area contributed by atoms with Gasteiger partial charge in [-0.1, -0.05) is 37.6 Å². The first-order valence-corrected chi connectivity index (χ1v) is 10.9. The van der Waals surface area contributed by atoms with Gasteiger partial charge in [-0.3, -0.25) is 15.0 Å². The van der Waals surface area contributed by atoms with Crippen LogP contribution in [-0.4, -0.2) is 55.6 Å². The summed E-state index contributed by atoms with van der Waals surface area (Å²) in [7, 11) is -3.71. The van der Waals surface area contributed by atoms with Crippen LogP contribution in [0.2, 0.25) is 0 Å². The van der Waals surface area contributed by atoms with Crippen molar-refractivity contribution in [1.29, 1.82) is 5.41 Å². The Morgan fingerprint density at radius 1 is 1.21 bits per heavy atom. The number of sulfonamides is 1. The SMILES string of the molecule is CCCCS(=O)(=O)N[C@H](CO)C(=O)NC(C)C(=O)NCc1ccc(C(=N)N)cc1. The number of unbranched alkanes of at least 4 members (excludes halogenated alkanes) is 1. The average Bonchev–Trinajstić information content (AvgIpc) is 2.68. The van der Waals surface area contributed by atoms with Gasteiger partial charge in [0.15, 0.2) is 0 Å². The van der Waals surface area contributed by atoms with Gasteiger partial charge in [0.2, 0.25) is 21.8 Å². The van der Waals surface area contributed by atoms with Gasteiger partial charge in [-0.2, -0.15) is 0 Å². The third-order valence-electron chi connectivity index (χ3n) is 4.07. The second-order valence-electron chi connectivity index (χ2n) is 6.58. The summed E-state index contributed by atoms with van der Waals surface area (Å²) in [6.07, 6.45) is 1.10. The summed E-state index contributed by atoms with van der Waals surface area (Å²) >= 11 is 0. The fourth-order valence-corrected chi connectivity index (χ4v) is 3.71. The molecule has 11 heteroatoms. The monoisotopic (exact) mass is 427 g/mol. The van der Waals surface area contributed by atoms with Crippen molar-refractivity contribution in [3.8, 4) is 0 Å². The van der Waals surface area contributed by atoms with Crippen LogP contribution in [0.1, 0.15) is 37.8 Å². The molecular formula is C18H29N5O5S. The molecule has 162 valence electrons. The maximum absolute atomic E-state index is 12.2. The van der Waals surface area contributed by atoms with E-state index in [1.54, 1.807) is 24.3 Å². The number of nitrogens with two attached hydrogens (primary N) is 1. The highest BCUT2D eigenvalue weighted by atomic mass is 32.2. The molecule has 0 aliphatic heterocycles. The Morgan fingerprint density at radius 2 is 1.83 bits per heavy atom. The van der Waals surface area contributed by atoms with E-state index in [1.165, 1.54) is 6.92 Å². The molecule has 29 heavy (non-hydrogen) atoms. The first-order valence-electron chi connectivity index (χ1n) is 9.22. The normalized spacial score (nSPS) is 13.3. The molecular weight excluding hydrogens is 398 g/mol. The third-order valence-corrected chi connectivity index (χ3v) is 5.54. The van der Waals surface area contributed by atoms with Gasteiger partial charge in [0, 0.05) is 12.1 Å². The summed E-state index contributed by atoms with van der Waals surface area (Å²) in [6, 6.07) is 4.44. The lowest BCUT2D eigenvalue weighted by atomic mass is 10.1. The van der Waals surface area contributed by atoms with Gasteiger partial charge in [-0.05, 0) is 18.9 Å². The number of amidine groups is 1. The first-order chi connectivity index (χ1) is 13.6. The van der Waals surface area contributed by atoms with E-state index in [1.807, 2.05) is 6.92 Å². The molecule has 0 radical (unpaired) electrons. The second kappa shape index (κ2) is 11.5. The molecule has 0 bridgehead atoms. The largest absolute Gasteiger partial charge is 0.394 e. The van der Waals surface area contributed by atoms with E-state index < -0.39 is 40.5 Å². The number of carbonyl (C=O) groups excluding carboxylic acids is 2. The van der Waals surface area contributed by atoms with Gasteiger partial charge in [0.25, 0.3) is 0 Å². The number of benzene rings is 1. The summed E-state index contributed by atoms with van der Waals surface area (Å²) in [5, 5.41) is 21.7. The smallest absolute Gasteiger partial charge is 0.242 e. The Bertz CT molecular complexity index is 810. The molecule has 0 saturated heterocycles. The van der Waals surface area contributed by atoms with Crippen molar-refractivity contribution in [1.82, 2.24) is 15.4 Å². The van der Waals surface area contributed by atoms with Crippen LogP contribution in [0.5, 0.6) is 0 Å². The number of hydrogen-bond donors (Lipinski definition) is 6. The molecule has 7 N–H and O–H groups in total. The van der Waals surface area contributed by atoms with E-state index in [0.29, 0.717) is 18.4 Å². The van der Waals surface area contributed by atoms with Crippen molar-refractivity contribution in [3.63, 3.8) is 0 Å². The third kappa shape index (κ3) is 8.59. The molecule has 1 unspecified atom stereocenters. The summed E-state index contributed by atoms with van der Waals surface area (Å²) < 4.78 is 26.0. The predicted octanol–water partition coefficient (Wildman–Crippen LogP) is -0.828. The molecule has 0 saturated carbocycles. The quantitative estimate of drug-likeness (QED) is 0.187. The topological polar surface area (TPSA) is 174 Å². The number of nitrogen functional groups attached to an aromatic ring is 1.